The molecule has 124 valence electrons. The van der Waals surface area contributed by atoms with E-state index in [0.29, 0.717) is 0 Å². The van der Waals surface area contributed by atoms with Gasteiger partial charge >= 0.3 is 0 Å². The number of nitrogens with zero attached hydrogens (tertiary/aromatic N) is 3. The van der Waals surface area contributed by atoms with Crippen molar-refractivity contribution >= 4 is 37.4 Å². The Morgan fingerprint density at radius 2 is 2.17 bits per heavy atom. The Morgan fingerprint density at radius 1 is 1.29 bits per heavy atom. The number of aromatic nitrogens is 2. The number of aryl methyl sites for hydroxylation is 1. The Hall–Kier alpha value is -1.30. The maximum absolute atomic E-state index is 4.75. The van der Waals surface area contributed by atoms with E-state index in [1.54, 1.807) is 0 Å². The zero-order valence-electron chi connectivity index (χ0n) is 13.8. The van der Waals surface area contributed by atoms with E-state index < -0.39 is 0 Å². The molecule has 1 aliphatic rings. The third-order valence-corrected chi connectivity index (χ3v) is 6.83. The lowest BCUT2D eigenvalue weighted by molar-refractivity contribution is 0.244. The lowest BCUT2D eigenvalue weighted by atomic mass is 10.1. The van der Waals surface area contributed by atoms with Gasteiger partial charge in [-0.25, -0.2) is 9.97 Å². The van der Waals surface area contributed by atoms with E-state index in [9.17, 15) is 0 Å². The van der Waals surface area contributed by atoms with Crippen molar-refractivity contribution in [3.05, 3.63) is 56.9 Å². The van der Waals surface area contributed by atoms with Crippen LogP contribution in [-0.4, -0.2) is 21.4 Å². The van der Waals surface area contributed by atoms with Gasteiger partial charge in [-0.1, -0.05) is 25.1 Å². The maximum atomic E-state index is 4.75. The Labute approximate surface area is 154 Å². The van der Waals surface area contributed by atoms with Crippen LogP contribution >= 0.6 is 27.3 Å². The van der Waals surface area contributed by atoms with E-state index in [1.165, 1.54) is 30.7 Å². The molecule has 1 aromatic carbocycles. The maximum Gasteiger partial charge on any atom is 0.128 e. The number of hydrogen-bond acceptors (Lipinski definition) is 4. The second-order valence-electron chi connectivity index (χ2n) is 6.30. The molecule has 5 heteroatoms. The van der Waals surface area contributed by atoms with Gasteiger partial charge in [-0.2, -0.15) is 0 Å². The zero-order chi connectivity index (χ0) is 16.5. The molecule has 1 aliphatic heterocycles. The minimum atomic E-state index is 0.947. The van der Waals surface area contributed by atoms with E-state index in [-0.39, 0.29) is 0 Å². The second-order valence-corrected chi connectivity index (χ2v) is 8.23. The van der Waals surface area contributed by atoms with Crippen LogP contribution in [0.1, 0.15) is 35.3 Å². The average Bonchev–Trinajstić information content (AvgIpc) is 2.92. The van der Waals surface area contributed by atoms with Crippen LogP contribution in [0.5, 0.6) is 0 Å². The SMILES string of the molecule is CCCc1ncc2c(n1)CCN(Cc1sc3ccccc3c1Br)C2. The lowest BCUT2D eigenvalue weighted by Crippen LogP contribution is -2.31. The molecule has 0 spiro atoms. The van der Waals surface area contributed by atoms with E-state index in [1.807, 2.05) is 17.5 Å². The van der Waals surface area contributed by atoms with Crippen molar-refractivity contribution in [3.8, 4) is 0 Å². The quantitative estimate of drug-likeness (QED) is 0.618. The van der Waals surface area contributed by atoms with Gasteiger partial charge in [0.2, 0.25) is 0 Å². The van der Waals surface area contributed by atoms with E-state index in [0.717, 1.165) is 44.7 Å². The summed E-state index contributed by atoms with van der Waals surface area (Å²) in [5.74, 6) is 0.997. The van der Waals surface area contributed by atoms with Crippen molar-refractivity contribution in [3.63, 3.8) is 0 Å². The second kappa shape index (κ2) is 6.90. The molecule has 0 fully saturated rings. The Morgan fingerprint density at radius 3 is 3.00 bits per heavy atom. The first kappa shape index (κ1) is 16.2. The van der Waals surface area contributed by atoms with Gasteiger partial charge in [0, 0.05) is 69.4 Å². The van der Waals surface area contributed by atoms with Crippen LogP contribution in [0.15, 0.2) is 34.9 Å². The van der Waals surface area contributed by atoms with Crippen molar-refractivity contribution in [1.82, 2.24) is 14.9 Å². The first-order chi connectivity index (χ1) is 11.7. The number of halogens is 1. The van der Waals surface area contributed by atoms with Gasteiger partial charge in [0.25, 0.3) is 0 Å². The van der Waals surface area contributed by atoms with Crippen molar-refractivity contribution in [2.24, 2.45) is 0 Å². The smallest absolute Gasteiger partial charge is 0.128 e. The Kier molecular flexibility index (Phi) is 4.66. The minimum absolute atomic E-state index is 0.947. The highest BCUT2D eigenvalue weighted by Gasteiger charge is 2.20. The highest BCUT2D eigenvalue weighted by atomic mass is 79.9. The Bertz CT molecular complexity index is 874. The minimum Gasteiger partial charge on any atom is -0.293 e. The molecule has 0 N–H and O–H groups in total. The van der Waals surface area contributed by atoms with Crippen LogP contribution in [0.3, 0.4) is 0 Å². The summed E-state index contributed by atoms with van der Waals surface area (Å²) in [4.78, 5) is 13.2. The van der Waals surface area contributed by atoms with Crippen molar-refractivity contribution in [1.29, 1.82) is 0 Å². The highest BCUT2D eigenvalue weighted by molar-refractivity contribution is 9.10. The van der Waals surface area contributed by atoms with Gasteiger partial charge in [-0.15, -0.1) is 11.3 Å². The molecule has 0 saturated carbocycles. The molecular formula is C19H20BrN3S. The fourth-order valence-electron chi connectivity index (χ4n) is 3.26. The number of hydrogen-bond donors (Lipinski definition) is 0. The normalized spacial score (nSPS) is 14.9. The van der Waals surface area contributed by atoms with Crippen LogP contribution in [0.25, 0.3) is 10.1 Å². The van der Waals surface area contributed by atoms with Crippen molar-refractivity contribution in [2.75, 3.05) is 6.54 Å². The zero-order valence-corrected chi connectivity index (χ0v) is 16.2. The molecule has 0 radical (unpaired) electrons. The van der Waals surface area contributed by atoms with Crippen LogP contribution in [0.2, 0.25) is 0 Å². The molecule has 2 aromatic heterocycles. The molecule has 0 aliphatic carbocycles. The predicted octanol–water partition coefficient (Wildman–Crippen LogP) is 4.96. The Balaban J connectivity index is 1.53. The molecule has 0 bridgehead atoms. The van der Waals surface area contributed by atoms with Crippen molar-refractivity contribution < 1.29 is 0 Å². The summed E-state index contributed by atoms with van der Waals surface area (Å²) in [5, 5.41) is 1.32. The van der Waals surface area contributed by atoms with Gasteiger partial charge in [0.15, 0.2) is 0 Å². The molecule has 24 heavy (non-hydrogen) atoms. The molecule has 3 heterocycles. The third kappa shape index (κ3) is 3.13. The molecule has 0 amide bonds. The van der Waals surface area contributed by atoms with Crippen LogP contribution in [0, 0.1) is 0 Å². The fourth-order valence-corrected chi connectivity index (χ4v) is 5.25. The number of fused-ring (bicyclic) bond motifs is 2. The summed E-state index contributed by atoms with van der Waals surface area (Å²) >= 11 is 5.68. The van der Waals surface area contributed by atoms with Crippen LogP contribution < -0.4 is 0 Å². The summed E-state index contributed by atoms with van der Waals surface area (Å²) in [6, 6.07) is 8.60. The monoisotopic (exact) mass is 401 g/mol. The van der Waals surface area contributed by atoms with Gasteiger partial charge in [-0.3, -0.25) is 4.90 Å². The largest absolute Gasteiger partial charge is 0.293 e. The summed E-state index contributed by atoms with van der Waals surface area (Å²) in [7, 11) is 0. The van der Waals surface area contributed by atoms with E-state index >= 15 is 0 Å². The number of thiophene rings is 1. The lowest BCUT2D eigenvalue weighted by Gasteiger charge is -2.27. The topological polar surface area (TPSA) is 29.0 Å². The molecule has 0 unspecified atom stereocenters. The number of rotatable bonds is 4. The predicted molar refractivity (Wildman–Crippen MR) is 103 cm³/mol. The summed E-state index contributed by atoms with van der Waals surface area (Å²) in [6.45, 7) is 5.17. The molecule has 4 rings (SSSR count). The van der Waals surface area contributed by atoms with Crippen molar-refractivity contribution in [2.45, 2.75) is 39.3 Å². The van der Waals surface area contributed by atoms with Gasteiger partial charge < -0.3 is 0 Å². The molecular weight excluding hydrogens is 382 g/mol. The molecule has 0 saturated heterocycles. The molecule has 0 atom stereocenters. The standard InChI is InChI=1S/C19H20BrN3S/c1-2-5-18-21-10-13-11-23(9-8-15(13)22-18)12-17-19(20)14-6-3-4-7-16(14)24-17/h3-4,6-7,10H,2,5,8-9,11-12H2,1H3. The fraction of sp³-hybridized carbons (Fsp3) is 0.368. The summed E-state index contributed by atoms with van der Waals surface area (Å²) in [6.07, 6.45) is 5.15. The van der Waals surface area contributed by atoms with Gasteiger partial charge in [0.05, 0.1) is 0 Å². The first-order valence-electron chi connectivity index (χ1n) is 8.46. The van der Waals surface area contributed by atoms with Gasteiger partial charge in [-0.05, 0) is 28.4 Å². The van der Waals surface area contributed by atoms with E-state index in [2.05, 4.69) is 57.0 Å². The number of benzene rings is 1. The summed E-state index contributed by atoms with van der Waals surface area (Å²) < 4.78 is 2.60. The van der Waals surface area contributed by atoms with Crippen LogP contribution in [0.4, 0.5) is 0 Å². The molecule has 3 aromatic rings. The van der Waals surface area contributed by atoms with Gasteiger partial charge in [0.1, 0.15) is 5.82 Å². The highest BCUT2D eigenvalue weighted by Crippen LogP contribution is 2.36. The third-order valence-electron chi connectivity index (χ3n) is 4.51. The van der Waals surface area contributed by atoms with E-state index in [4.69, 9.17) is 4.98 Å². The van der Waals surface area contributed by atoms with Crippen LogP contribution in [-0.2, 0) is 25.9 Å². The summed E-state index contributed by atoms with van der Waals surface area (Å²) in [5.41, 5.74) is 2.54. The average molecular weight is 402 g/mol. The first-order valence-corrected chi connectivity index (χ1v) is 10.1. The molecule has 3 nitrogen and oxygen atoms in total.